The number of fused-ring (bicyclic) bond motifs is 2. The van der Waals surface area contributed by atoms with E-state index in [9.17, 15) is 4.39 Å². The Balaban J connectivity index is 1.53. The number of benzene rings is 1. The third kappa shape index (κ3) is 2.83. The molecule has 1 N–H and O–H groups in total. The van der Waals surface area contributed by atoms with Crippen molar-refractivity contribution < 1.29 is 4.39 Å². The maximum atomic E-state index is 13.5. The number of nitrogens with zero attached hydrogens (tertiary/aromatic N) is 6. The Hall–Kier alpha value is -3.39. The molecule has 3 aromatic heterocycles. The second kappa shape index (κ2) is 6.84. The fourth-order valence-electron chi connectivity index (χ4n) is 4.63. The van der Waals surface area contributed by atoms with Crippen LogP contribution in [0.3, 0.4) is 0 Å². The van der Waals surface area contributed by atoms with E-state index in [1.807, 2.05) is 10.6 Å². The zero-order valence-corrected chi connectivity index (χ0v) is 16.2. The third-order valence-electron chi connectivity index (χ3n) is 6.20. The van der Waals surface area contributed by atoms with E-state index in [2.05, 4.69) is 31.5 Å². The molecule has 0 aliphatic carbocycles. The summed E-state index contributed by atoms with van der Waals surface area (Å²) in [4.78, 5) is 7.01. The van der Waals surface area contributed by atoms with Gasteiger partial charge in [0.15, 0.2) is 5.65 Å². The fraction of sp³-hybridized carbons (Fsp3) is 0.273. The maximum absolute atomic E-state index is 13.5. The van der Waals surface area contributed by atoms with Crippen LogP contribution < -0.4 is 10.2 Å². The molecule has 7 nitrogen and oxygen atoms in total. The molecule has 2 saturated heterocycles. The van der Waals surface area contributed by atoms with Crippen LogP contribution in [0.1, 0.15) is 0 Å². The number of nitrogens with one attached hydrogen (secondary N) is 1. The molecular weight excluding hydrogens is 381 g/mol. The first-order chi connectivity index (χ1) is 14.8. The summed E-state index contributed by atoms with van der Waals surface area (Å²) in [5, 5.41) is 16.3. The van der Waals surface area contributed by atoms with Gasteiger partial charge in [-0.1, -0.05) is 12.1 Å². The van der Waals surface area contributed by atoms with Crippen molar-refractivity contribution in [1.82, 2.24) is 30.1 Å². The highest BCUT2D eigenvalue weighted by molar-refractivity contribution is 5.81. The average molecular weight is 401 g/mol. The van der Waals surface area contributed by atoms with Crippen molar-refractivity contribution >= 4 is 11.5 Å². The highest BCUT2D eigenvalue weighted by Crippen LogP contribution is 2.34. The second-order valence-electron chi connectivity index (χ2n) is 8.02. The summed E-state index contributed by atoms with van der Waals surface area (Å²) >= 11 is 0. The molecule has 2 aliphatic heterocycles. The molecule has 1 aromatic carbocycles. The molecule has 150 valence electrons. The van der Waals surface area contributed by atoms with Gasteiger partial charge in [-0.05, 0) is 41.7 Å². The van der Waals surface area contributed by atoms with Gasteiger partial charge in [0.05, 0.1) is 24.3 Å². The SMILES string of the molecule is Fc1ccc(-c2cc(N3CC4CNCC4C3)nn3c(-c4ccnnc4)cnc23)cc1. The molecule has 2 fully saturated rings. The molecule has 2 aliphatic rings. The van der Waals surface area contributed by atoms with Crippen molar-refractivity contribution in [3.05, 3.63) is 60.8 Å². The first-order valence-corrected chi connectivity index (χ1v) is 10.1. The van der Waals surface area contributed by atoms with E-state index in [4.69, 9.17) is 5.10 Å². The Bertz CT molecular complexity index is 1190. The fourth-order valence-corrected chi connectivity index (χ4v) is 4.63. The molecule has 6 rings (SSSR count). The van der Waals surface area contributed by atoms with Gasteiger partial charge in [-0.25, -0.2) is 13.9 Å². The lowest BCUT2D eigenvalue weighted by Crippen LogP contribution is -2.26. The van der Waals surface area contributed by atoms with Crippen LogP contribution >= 0.6 is 0 Å². The lowest BCUT2D eigenvalue weighted by molar-refractivity contribution is 0.533. The number of hydrogen-bond acceptors (Lipinski definition) is 6. The van der Waals surface area contributed by atoms with Crippen molar-refractivity contribution in [3.63, 3.8) is 0 Å². The lowest BCUT2D eigenvalue weighted by atomic mass is 10.0. The van der Waals surface area contributed by atoms with E-state index in [1.54, 1.807) is 30.7 Å². The maximum Gasteiger partial charge on any atom is 0.162 e. The van der Waals surface area contributed by atoms with Gasteiger partial charge in [0, 0.05) is 37.3 Å². The van der Waals surface area contributed by atoms with E-state index >= 15 is 0 Å². The molecule has 2 atom stereocenters. The molecule has 30 heavy (non-hydrogen) atoms. The minimum atomic E-state index is -0.254. The Labute approximate surface area is 172 Å². The normalized spacial score (nSPS) is 20.8. The van der Waals surface area contributed by atoms with Gasteiger partial charge in [-0.15, -0.1) is 5.10 Å². The Kier molecular flexibility index (Phi) is 3.98. The standard InChI is InChI=1S/C22H20FN7/c23-18-3-1-14(2-4-18)19-7-21(29-12-16-8-24-9-17(16)13-29)28-30-20(11-25-22(19)30)15-5-6-26-27-10-15/h1-7,10-11,16-17,24H,8-9,12-13H2. The summed E-state index contributed by atoms with van der Waals surface area (Å²) in [6, 6.07) is 10.5. The smallest absolute Gasteiger partial charge is 0.162 e. The van der Waals surface area contributed by atoms with Crippen LogP contribution in [0.25, 0.3) is 28.0 Å². The molecule has 4 aromatic rings. The quantitative estimate of drug-likeness (QED) is 0.569. The molecule has 0 spiro atoms. The summed E-state index contributed by atoms with van der Waals surface area (Å²) in [7, 11) is 0. The number of aromatic nitrogens is 5. The van der Waals surface area contributed by atoms with Crippen LogP contribution in [0.2, 0.25) is 0 Å². The Morgan fingerprint density at radius 2 is 1.73 bits per heavy atom. The molecule has 0 bridgehead atoms. The molecule has 8 heteroatoms. The summed E-state index contributed by atoms with van der Waals surface area (Å²) < 4.78 is 15.4. The third-order valence-corrected chi connectivity index (χ3v) is 6.20. The molecular formula is C22H20FN7. The monoisotopic (exact) mass is 401 g/mol. The molecule has 5 heterocycles. The van der Waals surface area contributed by atoms with Crippen LogP contribution in [0.4, 0.5) is 10.2 Å². The van der Waals surface area contributed by atoms with Gasteiger partial charge in [-0.2, -0.15) is 10.2 Å². The van der Waals surface area contributed by atoms with E-state index < -0.39 is 0 Å². The van der Waals surface area contributed by atoms with E-state index in [1.165, 1.54) is 12.1 Å². The van der Waals surface area contributed by atoms with Gasteiger partial charge in [0.1, 0.15) is 11.6 Å². The number of imidazole rings is 1. The number of anilines is 1. The minimum absolute atomic E-state index is 0.254. The number of rotatable bonds is 3. The van der Waals surface area contributed by atoms with Gasteiger partial charge < -0.3 is 10.2 Å². The number of halogens is 1. The van der Waals surface area contributed by atoms with Crippen LogP contribution in [0, 0.1) is 17.7 Å². The van der Waals surface area contributed by atoms with Crippen molar-refractivity contribution in [2.45, 2.75) is 0 Å². The summed E-state index contributed by atoms with van der Waals surface area (Å²) in [6.45, 7) is 4.10. The minimum Gasteiger partial charge on any atom is -0.354 e. The molecule has 2 unspecified atom stereocenters. The largest absolute Gasteiger partial charge is 0.354 e. The van der Waals surface area contributed by atoms with Crippen LogP contribution in [0.5, 0.6) is 0 Å². The van der Waals surface area contributed by atoms with Crippen molar-refractivity contribution in [2.75, 3.05) is 31.1 Å². The zero-order valence-electron chi connectivity index (χ0n) is 16.2. The van der Waals surface area contributed by atoms with Crippen LogP contribution in [0.15, 0.2) is 55.0 Å². The molecule has 0 radical (unpaired) electrons. The van der Waals surface area contributed by atoms with Gasteiger partial charge in [-0.3, -0.25) is 0 Å². The van der Waals surface area contributed by atoms with Crippen molar-refractivity contribution in [1.29, 1.82) is 0 Å². The Morgan fingerprint density at radius 1 is 0.933 bits per heavy atom. The highest BCUT2D eigenvalue weighted by Gasteiger charge is 2.37. The van der Waals surface area contributed by atoms with Gasteiger partial charge in [0.2, 0.25) is 0 Å². The summed E-state index contributed by atoms with van der Waals surface area (Å²) in [6.07, 6.45) is 5.17. The zero-order chi connectivity index (χ0) is 20.1. The Morgan fingerprint density at radius 3 is 2.47 bits per heavy atom. The highest BCUT2D eigenvalue weighted by atomic mass is 19.1. The first kappa shape index (κ1) is 17.5. The summed E-state index contributed by atoms with van der Waals surface area (Å²) in [5.74, 6) is 1.97. The summed E-state index contributed by atoms with van der Waals surface area (Å²) in [5.41, 5.74) is 4.33. The molecule has 0 saturated carbocycles. The van der Waals surface area contributed by atoms with Crippen molar-refractivity contribution in [3.8, 4) is 22.4 Å². The van der Waals surface area contributed by atoms with Gasteiger partial charge >= 0.3 is 0 Å². The van der Waals surface area contributed by atoms with Crippen LogP contribution in [-0.2, 0) is 0 Å². The predicted octanol–water partition coefficient (Wildman–Crippen LogP) is 2.65. The first-order valence-electron chi connectivity index (χ1n) is 10.1. The topological polar surface area (TPSA) is 71.2 Å². The van der Waals surface area contributed by atoms with Crippen LogP contribution in [-0.4, -0.2) is 51.0 Å². The van der Waals surface area contributed by atoms with E-state index in [0.29, 0.717) is 11.8 Å². The molecule has 0 amide bonds. The predicted molar refractivity (Wildman–Crippen MR) is 111 cm³/mol. The number of hydrogen-bond donors (Lipinski definition) is 1. The van der Waals surface area contributed by atoms with E-state index in [0.717, 1.165) is 60.0 Å². The second-order valence-corrected chi connectivity index (χ2v) is 8.02. The average Bonchev–Trinajstić information content (AvgIpc) is 3.49. The van der Waals surface area contributed by atoms with Crippen molar-refractivity contribution in [2.24, 2.45) is 11.8 Å². The van der Waals surface area contributed by atoms with Gasteiger partial charge in [0.25, 0.3) is 0 Å². The lowest BCUT2D eigenvalue weighted by Gasteiger charge is -2.20. The van der Waals surface area contributed by atoms with E-state index in [-0.39, 0.29) is 5.82 Å².